The van der Waals surface area contributed by atoms with Gasteiger partial charge in [0, 0.05) is 18.7 Å². The summed E-state index contributed by atoms with van der Waals surface area (Å²) in [7, 11) is 0. The Balaban J connectivity index is 1.39. The van der Waals surface area contributed by atoms with Gasteiger partial charge in [0.15, 0.2) is 0 Å². The molecule has 29 heavy (non-hydrogen) atoms. The van der Waals surface area contributed by atoms with Crippen molar-refractivity contribution >= 4 is 5.91 Å². The van der Waals surface area contributed by atoms with Crippen LogP contribution < -0.4 is 4.74 Å². The summed E-state index contributed by atoms with van der Waals surface area (Å²) in [6, 6.07) is 26.5. The number of amides is 1. The third kappa shape index (κ3) is 5.26. The second kappa shape index (κ2) is 9.42. The van der Waals surface area contributed by atoms with Crippen molar-refractivity contribution in [3.05, 3.63) is 101 Å². The summed E-state index contributed by atoms with van der Waals surface area (Å²) in [5.74, 6) is 0.989. The molecule has 0 atom stereocenters. The Morgan fingerprint density at radius 2 is 1.48 bits per heavy atom. The van der Waals surface area contributed by atoms with Crippen LogP contribution in [0.4, 0.5) is 0 Å². The van der Waals surface area contributed by atoms with Gasteiger partial charge in [0.05, 0.1) is 0 Å². The third-order valence-electron chi connectivity index (χ3n) is 5.37. The van der Waals surface area contributed by atoms with E-state index in [1.165, 1.54) is 17.5 Å². The summed E-state index contributed by atoms with van der Waals surface area (Å²) in [6.45, 7) is 2.19. The number of rotatable bonds is 6. The lowest BCUT2D eigenvalue weighted by atomic mass is 10.1. The van der Waals surface area contributed by atoms with E-state index in [0.717, 1.165) is 49.2 Å². The minimum atomic E-state index is 0.136. The molecule has 0 spiro atoms. The van der Waals surface area contributed by atoms with Gasteiger partial charge in [-0.05, 0) is 66.6 Å². The topological polar surface area (TPSA) is 29.5 Å². The van der Waals surface area contributed by atoms with Crippen LogP contribution in [0.1, 0.15) is 46.3 Å². The van der Waals surface area contributed by atoms with Gasteiger partial charge in [0.1, 0.15) is 12.4 Å². The fourth-order valence-corrected chi connectivity index (χ4v) is 3.82. The molecule has 3 aromatic carbocycles. The number of hydrogen-bond donors (Lipinski definition) is 0. The molecule has 4 rings (SSSR count). The van der Waals surface area contributed by atoms with Gasteiger partial charge in [0.2, 0.25) is 0 Å². The maximum atomic E-state index is 12.7. The van der Waals surface area contributed by atoms with Crippen LogP contribution in [0.15, 0.2) is 78.9 Å². The van der Waals surface area contributed by atoms with Gasteiger partial charge in [-0.15, -0.1) is 0 Å². The first-order valence-corrected chi connectivity index (χ1v) is 10.4. The lowest BCUT2D eigenvalue weighted by Crippen LogP contribution is -2.35. The third-order valence-corrected chi connectivity index (χ3v) is 5.37. The summed E-state index contributed by atoms with van der Waals surface area (Å²) in [5.41, 5.74) is 4.28. The molecule has 148 valence electrons. The lowest BCUT2D eigenvalue weighted by Gasteiger charge is -2.26. The van der Waals surface area contributed by atoms with E-state index >= 15 is 0 Å². The lowest BCUT2D eigenvalue weighted by molar-refractivity contribution is 0.0724. The second-order valence-corrected chi connectivity index (χ2v) is 7.65. The van der Waals surface area contributed by atoms with Crippen molar-refractivity contribution in [3.8, 4) is 5.75 Å². The van der Waals surface area contributed by atoms with E-state index in [9.17, 15) is 4.79 Å². The van der Waals surface area contributed by atoms with Gasteiger partial charge in [-0.3, -0.25) is 4.79 Å². The zero-order valence-electron chi connectivity index (χ0n) is 16.7. The van der Waals surface area contributed by atoms with Crippen LogP contribution in [0.25, 0.3) is 0 Å². The first-order valence-electron chi connectivity index (χ1n) is 10.4. The van der Waals surface area contributed by atoms with Crippen LogP contribution in [-0.4, -0.2) is 23.9 Å². The van der Waals surface area contributed by atoms with Crippen LogP contribution in [0.5, 0.6) is 5.75 Å². The first kappa shape index (κ1) is 19.3. The average molecular weight is 386 g/mol. The molecule has 1 aliphatic rings. The molecule has 0 bridgehead atoms. The monoisotopic (exact) mass is 385 g/mol. The molecule has 1 saturated heterocycles. The maximum absolute atomic E-state index is 12.7. The SMILES string of the molecule is O=C(c1cccc(COc2cccc(Cc3ccccc3)c2)c1)N1CCCCC1. The van der Waals surface area contributed by atoms with Crippen LogP contribution in [0.2, 0.25) is 0 Å². The standard InChI is InChI=1S/C26H27NO2/c28-26(27-15-5-2-6-16-27)24-13-7-12-23(18-24)20-29-25-14-8-11-22(19-25)17-21-9-3-1-4-10-21/h1,3-4,7-14,18-19H,2,5-6,15-17,20H2. The van der Waals surface area contributed by atoms with Gasteiger partial charge in [-0.2, -0.15) is 0 Å². The van der Waals surface area contributed by atoms with Crippen molar-refractivity contribution in [1.29, 1.82) is 0 Å². The van der Waals surface area contributed by atoms with Gasteiger partial charge in [-0.1, -0.05) is 54.6 Å². The minimum Gasteiger partial charge on any atom is -0.489 e. The molecule has 0 saturated carbocycles. The number of nitrogens with zero attached hydrogens (tertiary/aromatic N) is 1. The van der Waals surface area contributed by atoms with Crippen molar-refractivity contribution in [3.63, 3.8) is 0 Å². The van der Waals surface area contributed by atoms with Crippen LogP contribution in [-0.2, 0) is 13.0 Å². The predicted octanol–water partition coefficient (Wildman–Crippen LogP) is 5.48. The Morgan fingerprint density at radius 3 is 2.31 bits per heavy atom. The fourth-order valence-electron chi connectivity index (χ4n) is 3.82. The highest BCUT2D eigenvalue weighted by atomic mass is 16.5. The molecule has 3 heteroatoms. The molecule has 0 unspecified atom stereocenters. The molecule has 1 fully saturated rings. The fraction of sp³-hybridized carbons (Fsp3) is 0.269. The Kier molecular flexibility index (Phi) is 6.25. The molecule has 0 aromatic heterocycles. The number of piperidine rings is 1. The zero-order chi connectivity index (χ0) is 19.9. The normalized spacial score (nSPS) is 13.9. The highest BCUT2D eigenvalue weighted by molar-refractivity contribution is 5.94. The summed E-state index contributed by atoms with van der Waals surface area (Å²) in [6.07, 6.45) is 4.32. The van der Waals surface area contributed by atoms with E-state index < -0.39 is 0 Å². The number of ether oxygens (including phenoxy) is 1. The maximum Gasteiger partial charge on any atom is 0.253 e. The summed E-state index contributed by atoms with van der Waals surface area (Å²) < 4.78 is 6.03. The molecule has 0 aliphatic carbocycles. The van der Waals surface area contributed by atoms with Gasteiger partial charge >= 0.3 is 0 Å². The quantitative estimate of drug-likeness (QED) is 0.562. The van der Waals surface area contributed by atoms with E-state index in [1.54, 1.807) is 0 Å². The molecule has 0 radical (unpaired) electrons. The van der Waals surface area contributed by atoms with Gasteiger partial charge < -0.3 is 9.64 Å². The summed E-state index contributed by atoms with van der Waals surface area (Å²) in [4.78, 5) is 14.7. The van der Waals surface area contributed by atoms with Gasteiger partial charge in [-0.25, -0.2) is 0 Å². The molecule has 0 N–H and O–H groups in total. The van der Waals surface area contributed by atoms with Crippen molar-refractivity contribution in [1.82, 2.24) is 4.90 Å². The van der Waals surface area contributed by atoms with Crippen molar-refractivity contribution in [2.45, 2.75) is 32.3 Å². The molecule has 3 aromatic rings. The Morgan fingerprint density at radius 1 is 0.759 bits per heavy atom. The smallest absolute Gasteiger partial charge is 0.253 e. The largest absolute Gasteiger partial charge is 0.489 e. The van der Waals surface area contributed by atoms with Crippen LogP contribution >= 0.6 is 0 Å². The van der Waals surface area contributed by atoms with Gasteiger partial charge in [0.25, 0.3) is 5.91 Å². The van der Waals surface area contributed by atoms with E-state index in [2.05, 4.69) is 36.4 Å². The number of likely N-dealkylation sites (tertiary alicyclic amines) is 1. The minimum absolute atomic E-state index is 0.136. The molecule has 1 aliphatic heterocycles. The Bertz CT molecular complexity index is 946. The second-order valence-electron chi connectivity index (χ2n) is 7.65. The molecule has 1 heterocycles. The summed E-state index contributed by atoms with van der Waals surface area (Å²) >= 11 is 0. The highest BCUT2D eigenvalue weighted by Crippen LogP contribution is 2.19. The Hall–Kier alpha value is -3.07. The van der Waals surface area contributed by atoms with Crippen molar-refractivity contribution < 1.29 is 9.53 Å². The zero-order valence-corrected chi connectivity index (χ0v) is 16.7. The number of carbonyl (C=O) groups is 1. The average Bonchev–Trinajstić information content (AvgIpc) is 2.79. The van der Waals surface area contributed by atoms with Crippen LogP contribution in [0, 0.1) is 0 Å². The molecular weight excluding hydrogens is 358 g/mol. The summed E-state index contributed by atoms with van der Waals surface area (Å²) in [5, 5.41) is 0. The Labute approximate surface area is 172 Å². The van der Waals surface area contributed by atoms with Crippen LogP contribution in [0.3, 0.4) is 0 Å². The number of benzene rings is 3. The van der Waals surface area contributed by atoms with E-state index in [1.807, 2.05) is 47.4 Å². The van der Waals surface area contributed by atoms with Crippen molar-refractivity contribution in [2.75, 3.05) is 13.1 Å². The molecule has 3 nitrogen and oxygen atoms in total. The number of hydrogen-bond acceptors (Lipinski definition) is 2. The molecule has 1 amide bonds. The van der Waals surface area contributed by atoms with Crippen molar-refractivity contribution in [2.24, 2.45) is 0 Å². The highest BCUT2D eigenvalue weighted by Gasteiger charge is 2.18. The van der Waals surface area contributed by atoms with E-state index in [-0.39, 0.29) is 5.91 Å². The number of carbonyl (C=O) groups excluding carboxylic acids is 1. The van der Waals surface area contributed by atoms with E-state index in [0.29, 0.717) is 6.61 Å². The predicted molar refractivity (Wildman–Crippen MR) is 116 cm³/mol. The first-order chi connectivity index (χ1) is 14.3. The molecular formula is C26H27NO2. The van der Waals surface area contributed by atoms with E-state index in [4.69, 9.17) is 4.74 Å².